The third-order valence-corrected chi connectivity index (χ3v) is 3.86. The van der Waals surface area contributed by atoms with Gasteiger partial charge in [0.25, 0.3) is 5.91 Å². The van der Waals surface area contributed by atoms with Crippen LogP contribution in [0.25, 0.3) is 0 Å². The number of carbonyl (C=O) groups excluding carboxylic acids is 2. The molecule has 3 atom stereocenters. The molecule has 2 unspecified atom stereocenters. The molecule has 0 radical (unpaired) electrons. The molecule has 2 fully saturated rings. The van der Waals surface area contributed by atoms with E-state index in [2.05, 4.69) is 0 Å². The third kappa shape index (κ3) is 3.47. The van der Waals surface area contributed by atoms with E-state index >= 15 is 0 Å². The van der Waals surface area contributed by atoms with Gasteiger partial charge in [-0.2, -0.15) is 0 Å². The molecule has 108 valence electrons. The maximum atomic E-state index is 12.3. The molecule has 0 N–H and O–H groups in total. The van der Waals surface area contributed by atoms with Gasteiger partial charge in [0.1, 0.15) is 6.10 Å². The minimum absolute atomic E-state index is 0.0401. The lowest BCUT2D eigenvalue weighted by Crippen LogP contribution is -2.46. The average molecular weight is 269 g/mol. The van der Waals surface area contributed by atoms with Crippen LogP contribution in [-0.4, -0.2) is 48.7 Å². The first-order valence-corrected chi connectivity index (χ1v) is 7.22. The molecule has 0 saturated carbocycles. The Morgan fingerprint density at radius 1 is 1.32 bits per heavy atom. The molecule has 2 saturated heterocycles. The molecule has 0 aromatic carbocycles. The van der Waals surface area contributed by atoms with Crippen LogP contribution >= 0.6 is 0 Å². The SMILES string of the molecule is CCOC(=O)[C@H]1CCCN(C(=O)C2CCC(C)O2)C1. The third-order valence-electron chi connectivity index (χ3n) is 3.86. The monoisotopic (exact) mass is 269 g/mol. The van der Waals surface area contributed by atoms with Gasteiger partial charge >= 0.3 is 5.97 Å². The second-order valence-corrected chi connectivity index (χ2v) is 5.39. The van der Waals surface area contributed by atoms with Crippen LogP contribution in [0.4, 0.5) is 0 Å². The first-order valence-electron chi connectivity index (χ1n) is 7.22. The number of amides is 1. The summed E-state index contributed by atoms with van der Waals surface area (Å²) in [4.78, 5) is 25.8. The van der Waals surface area contributed by atoms with Crippen LogP contribution in [0.3, 0.4) is 0 Å². The number of hydrogen-bond acceptors (Lipinski definition) is 4. The number of carbonyl (C=O) groups is 2. The highest BCUT2D eigenvalue weighted by Crippen LogP contribution is 2.24. The van der Waals surface area contributed by atoms with Crippen molar-refractivity contribution in [2.75, 3.05) is 19.7 Å². The average Bonchev–Trinajstić information content (AvgIpc) is 2.85. The van der Waals surface area contributed by atoms with Gasteiger partial charge in [0.15, 0.2) is 0 Å². The van der Waals surface area contributed by atoms with Crippen LogP contribution < -0.4 is 0 Å². The van der Waals surface area contributed by atoms with E-state index in [0.717, 1.165) is 32.2 Å². The molecule has 2 heterocycles. The summed E-state index contributed by atoms with van der Waals surface area (Å²) in [5, 5.41) is 0. The Labute approximate surface area is 114 Å². The molecular weight excluding hydrogens is 246 g/mol. The highest BCUT2D eigenvalue weighted by Gasteiger charge is 2.35. The number of rotatable bonds is 3. The molecule has 2 aliphatic rings. The van der Waals surface area contributed by atoms with Crippen molar-refractivity contribution >= 4 is 11.9 Å². The van der Waals surface area contributed by atoms with Gasteiger partial charge in [-0.3, -0.25) is 9.59 Å². The van der Waals surface area contributed by atoms with Crippen LogP contribution in [0.2, 0.25) is 0 Å². The summed E-state index contributed by atoms with van der Waals surface area (Å²) in [5.41, 5.74) is 0. The number of likely N-dealkylation sites (tertiary alicyclic amines) is 1. The van der Waals surface area contributed by atoms with Crippen LogP contribution in [0.1, 0.15) is 39.5 Å². The van der Waals surface area contributed by atoms with Crippen molar-refractivity contribution in [3.05, 3.63) is 0 Å². The molecule has 19 heavy (non-hydrogen) atoms. The summed E-state index contributed by atoms with van der Waals surface area (Å²) in [5.74, 6) is -0.310. The smallest absolute Gasteiger partial charge is 0.310 e. The Morgan fingerprint density at radius 2 is 2.11 bits per heavy atom. The van der Waals surface area contributed by atoms with Gasteiger partial charge in [-0.15, -0.1) is 0 Å². The Bertz CT molecular complexity index is 344. The number of esters is 1. The van der Waals surface area contributed by atoms with Gasteiger partial charge in [-0.25, -0.2) is 0 Å². The summed E-state index contributed by atoms with van der Waals surface area (Å²) in [6.45, 7) is 5.39. The molecule has 2 aliphatic heterocycles. The zero-order valence-electron chi connectivity index (χ0n) is 11.8. The maximum Gasteiger partial charge on any atom is 0.310 e. The fraction of sp³-hybridized carbons (Fsp3) is 0.857. The Balaban J connectivity index is 1.89. The molecule has 0 spiro atoms. The molecule has 0 bridgehead atoms. The zero-order valence-corrected chi connectivity index (χ0v) is 11.8. The topological polar surface area (TPSA) is 55.8 Å². The van der Waals surface area contributed by atoms with Crippen molar-refractivity contribution < 1.29 is 19.1 Å². The number of ether oxygens (including phenoxy) is 2. The van der Waals surface area contributed by atoms with Crippen molar-refractivity contribution in [2.45, 2.75) is 51.7 Å². The van der Waals surface area contributed by atoms with Crippen molar-refractivity contribution in [3.63, 3.8) is 0 Å². The van der Waals surface area contributed by atoms with E-state index in [1.54, 1.807) is 11.8 Å². The molecule has 5 nitrogen and oxygen atoms in total. The predicted octanol–water partition coefficient (Wildman–Crippen LogP) is 1.36. The first-order chi connectivity index (χ1) is 9.11. The fourth-order valence-corrected chi connectivity index (χ4v) is 2.82. The van der Waals surface area contributed by atoms with Crippen molar-refractivity contribution in [3.8, 4) is 0 Å². The second-order valence-electron chi connectivity index (χ2n) is 5.39. The highest BCUT2D eigenvalue weighted by molar-refractivity contribution is 5.82. The quantitative estimate of drug-likeness (QED) is 0.726. The molecule has 5 heteroatoms. The Hall–Kier alpha value is -1.10. The normalized spacial score (nSPS) is 31.3. The Kier molecular flexibility index (Phi) is 4.80. The van der Waals surface area contributed by atoms with E-state index in [0.29, 0.717) is 13.2 Å². The molecule has 0 aromatic heterocycles. The van der Waals surface area contributed by atoms with E-state index in [-0.39, 0.29) is 30.0 Å². The number of hydrogen-bond donors (Lipinski definition) is 0. The fourth-order valence-electron chi connectivity index (χ4n) is 2.82. The summed E-state index contributed by atoms with van der Waals surface area (Å²) in [6.07, 6.45) is 3.25. The van der Waals surface area contributed by atoms with E-state index in [1.807, 2.05) is 6.92 Å². The largest absolute Gasteiger partial charge is 0.466 e. The zero-order chi connectivity index (χ0) is 13.8. The molecule has 0 aliphatic carbocycles. The Morgan fingerprint density at radius 3 is 2.74 bits per heavy atom. The lowest BCUT2D eigenvalue weighted by molar-refractivity contribution is -0.153. The maximum absolute atomic E-state index is 12.3. The molecular formula is C14H23NO4. The summed E-state index contributed by atoms with van der Waals surface area (Å²) in [7, 11) is 0. The van der Waals surface area contributed by atoms with Gasteiger partial charge in [-0.05, 0) is 39.5 Å². The second kappa shape index (κ2) is 6.37. The lowest BCUT2D eigenvalue weighted by atomic mass is 9.97. The minimum atomic E-state index is -0.309. The van der Waals surface area contributed by atoms with Crippen molar-refractivity contribution in [1.29, 1.82) is 0 Å². The minimum Gasteiger partial charge on any atom is -0.466 e. The lowest BCUT2D eigenvalue weighted by Gasteiger charge is -2.33. The molecule has 0 aromatic rings. The van der Waals surface area contributed by atoms with E-state index in [9.17, 15) is 9.59 Å². The van der Waals surface area contributed by atoms with Crippen molar-refractivity contribution in [1.82, 2.24) is 4.90 Å². The molecule has 2 rings (SSSR count). The van der Waals surface area contributed by atoms with Crippen LogP contribution in [0, 0.1) is 5.92 Å². The summed E-state index contributed by atoms with van der Waals surface area (Å²) >= 11 is 0. The van der Waals surface area contributed by atoms with Gasteiger partial charge < -0.3 is 14.4 Å². The van der Waals surface area contributed by atoms with Crippen LogP contribution in [0.5, 0.6) is 0 Å². The summed E-state index contributed by atoms with van der Waals surface area (Å²) in [6, 6.07) is 0. The van der Waals surface area contributed by atoms with Gasteiger partial charge in [0.05, 0.1) is 18.6 Å². The van der Waals surface area contributed by atoms with Gasteiger partial charge in [0.2, 0.25) is 0 Å². The molecule has 1 amide bonds. The van der Waals surface area contributed by atoms with Crippen LogP contribution in [-0.2, 0) is 19.1 Å². The standard InChI is InChI=1S/C14H23NO4/c1-3-18-14(17)11-5-4-8-15(9-11)13(16)12-7-6-10(2)19-12/h10-12H,3-9H2,1-2H3/t10?,11-,12?/m0/s1. The highest BCUT2D eigenvalue weighted by atomic mass is 16.5. The number of nitrogens with zero attached hydrogens (tertiary/aromatic N) is 1. The number of piperidine rings is 1. The van der Waals surface area contributed by atoms with Crippen molar-refractivity contribution in [2.24, 2.45) is 5.92 Å². The van der Waals surface area contributed by atoms with E-state index in [1.165, 1.54) is 0 Å². The van der Waals surface area contributed by atoms with E-state index < -0.39 is 0 Å². The first kappa shape index (κ1) is 14.3. The summed E-state index contributed by atoms with van der Waals surface area (Å²) < 4.78 is 10.7. The van der Waals surface area contributed by atoms with Crippen LogP contribution in [0.15, 0.2) is 0 Å². The van der Waals surface area contributed by atoms with Gasteiger partial charge in [0, 0.05) is 13.1 Å². The predicted molar refractivity (Wildman–Crippen MR) is 69.5 cm³/mol. The van der Waals surface area contributed by atoms with E-state index in [4.69, 9.17) is 9.47 Å². The van der Waals surface area contributed by atoms with Gasteiger partial charge in [-0.1, -0.05) is 0 Å².